The molecule has 0 saturated heterocycles. The van der Waals surface area contributed by atoms with Crippen LogP contribution in [0.2, 0.25) is 0 Å². The molecule has 0 aliphatic heterocycles. The largest absolute Gasteiger partial charge is 0.483 e. The van der Waals surface area contributed by atoms with Gasteiger partial charge in [0.25, 0.3) is 0 Å². The molecule has 0 aliphatic rings. The Morgan fingerprint density at radius 2 is 2.12 bits per heavy atom. The first-order valence-electron chi connectivity index (χ1n) is 5.37. The van der Waals surface area contributed by atoms with E-state index in [1.54, 1.807) is 6.07 Å². The smallest absolute Gasteiger partial charge is 0.162 e. The van der Waals surface area contributed by atoms with Gasteiger partial charge in [-0.05, 0) is 18.7 Å². The number of aromatic nitrogens is 3. The van der Waals surface area contributed by atoms with Gasteiger partial charge in [0.15, 0.2) is 11.6 Å². The number of para-hydroxylation sites is 2. The van der Waals surface area contributed by atoms with Crippen LogP contribution < -0.4 is 16.2 Å². The van der Waals surface area contributed by atoms with E-state index in [2.05, 4.69) is 15.2 Å². The van der Waals surface area contributed by atoms with Gasteiger partial charge in [-0.15, -0.1) is 0 Å². The maximum absolute atomic E-state index is 5.75. The lowest BCUT2D eigenvalue weighted by molar-refractivity contribution is 0.298. The van der Waals surface area contributed by atoms with E-state index in [1.165, 1.54) is 0 Å². The van der Waals surface area contributed by atoms with Gasteiger partial charge in [0.05, 0.1) is 5.69 Å². The molecule has 17 heavy (non-hydrogen) atoms. The molecule has 0 spiro atoms. The molecule has 1 aromatic heterocycles. The van der Waals surface area contributed by atoms with Gasteiger partial charge in [0, 0.05) is 6.42 Å². The molecule has 0 radical (unpaired) electrons. The van der Waals surface area contributed by atoms with Crippen molar-refractivity contribution in [2.24, 2.45) is 5.73 Å². The van der Waals surface area contributed by atoms with E-state index in [0.717, 1.165) is 0 Å². The van der Waals surface area contributed by atoms with Crippen molar-refractivity contribution in [3.05, 3.63) is 35.9 Å². The van der Waals surface area contributed by atoms with Crippen molar-refractivity contribution < 1.29 is 4.74 Å². The molecule has 0 aliphatic carbocycles. The number of nitrogens with zero attached hydrogens (tertiary/aromatic N) is 2. The van der Waals surface area contributed by atoms with Crippen molar-refractivity contribution >= 4 is 5.69 Å². The monoisotopic (exact) mass is 233 g/mol. The van der Waals surface area contributed by atoms with Crippen LogP contribution in [0.1, 0.15) is 11.6 Å². The molecule has 2 rings (SSSR count). The third kappa shape index (κ3) is 2.94. The molecule has 0 fully saturated rings. The van der Waals surface area contributed by atoms with Crippen LogP contribution in [-0.4, -0.2) is 21.7 Å². The fourth-order valence-corrected chi connectivity index (χ4v) is 1.40. The topological polar surface area (TPSA) is 103 Å². The predicted octanol–water partition coefficient (Wildman–Crippen LogP) is 0.467. The standard InChI is InChI=1S/C11H15N5O/c12-6-5-10-14-11(16-15-10)7-17-9-4-2-1-3-8(9)13/h1-4H,5-7,12-13H2,(H,14,15,16). The highest BCUT2D eigenvalue weighted by molar-refractivity contribution is 5.51. The number of H-pyrrole nitrogens is 1. The molecule has 1 aromatic carbocycles. The molecular formula is C11H15N5O. The van der Waals surface area contributed by atoms with Crippen LogP contribution in [0.25, 0.3) is 0 Å². The summed E-state index contributed by atoms with van der Waals surface area (Å²) in [5, 5.41) is 6.81. The molecule has 0 amide bonds. The first-order chi connectivity index (χ1) is 8.29. The first-order valence-corrected chi connectivity index (χ1v) is 5.37. The zero-order chi connectivity index (χ0) is 12.1. The Morgan fingerprint density at radius 3 is 2.88 bits per heavy atom. The van der Waals surface area contributed by atoms with Gasteiger partial charge in [0.2, 0.25) is 0 Å². The average molecular weight is 233 g/mol. The van der Waals surface area contributed by atoms with Crippen molar-refractivity contribution in [3.8, 4) is 5.75 Å². The minimum Gasteiger partial charge on any atom is -0.483 e. The molecule has 0 saturated carbocycles. The number of nitrogen functional groups attached to an aromatic ring is 1. The van der Waals surface area contributed by atoms with E-state index in [9.17, 15) is 0 Å². The molecule has 1 heterocycles. The second-order valence-corrected chi connectivity index (χ2v) is 3.56. The van der Waals surface area contributed by atoms with E-state index in [1.807, 2.05) is 18.2 Å². The maximum Gasteiger partial charge on any atom is 0.162 e. The van der Waals surface area contributed by atoms with Crippen molar-refractivity contribution in [3.63, 3.8) is 0 Å². The number of aromatic amines is 1. The van der Waals surface area contributed by atoms with Gasteiger partial charge < -0.3 is 16.2 Å². The number of hydrogen-bond acceptors (Lipinski definition) is 5. The number of benzene rings is 1. The van der Waals surface area contributed by atoms with Gasteiger partial charge in [0.1, 0.15) is 12.4 Å². The highest BCUT2D eigenvalue weighted by Crippen LogP contribution is 2.20. The average Bonchev–Trinajstić information content (AvgIpc) is 2.76. The quantitative estimate of drug-likeness (QED) is 0.651. The lowest BCUT2D eigenvalue weighted by Gasteiger charge is -2.05. The summed E-state index contributed by atoms with van der Waals surface area (Å²) < 4.78 is 5.52. The summed E-state index contributed by atoms with van der Waals surface area (Å²) >= 11 is 0. The summed E-state index contributed by atoms with van der Waals surface area (Å²) in [5.41, 5.74) is 11.8. The number of nitrogens with two attached hydrogens (primary N) is 2. The molecular weight excluding hydrogens is 218 g/mol. The summed E-state index contributed by atoms with van der Waals surface area (Å²) in [5.74, 6) is 2.01. The molecule has 6 heteroatoms. The fourth-order valence-electron chi connectivity index (χ4n) is 1.40. The number of nitrogens with one attached hydrogen (secondary N) is 1. The summed E-state index contributed by atoms with van der Waals surface area (Å²) in [4.78, 5) is 4.23. The van der Waals surface area contributed by atoms with Crippen molar-refractivity contribution in [2.75, 3.05) is 12.3 Å². The Kier molecular flexibility index (Phi) is 3.56. The summed E-state index contributed by atoms with van der Waals surface area (Å²) in [6, 6.07) is 7.32. The zero-order valence-corrected chi connectivity index (χ0v) is 9.39. The molecule has 6 nitrogen and oxygen atoms in total. The molecule has 0 bridgehead atoms. The summed E-state index contributed by atoms with van der Waals surface area (Å²) in [6.07, 6.45) is 0.657. The van der Waals surface area contributed by atoms with Crippen molar-refractivity contribution in [2.45, 2.75) is 13.0 Å². The summed E-state index contributed by atoms with van der Waals surface area (Å²) in [6.45, 7) is 0.843. The van der Waals surface area contributed by atoms with Crippen LogP contribution in [0, 0.1) is 0 Å². The highest BCUT2D eigenvalue weighted by atomic mass is 16.5. The molecule has 5 N–H and O–H groups in total. The van der Waals surface area contributed by atoms with Gasteiger partial charge in [-0.2, -0.15) is 5.10 Å². The third-order valence-corrected chi connectivity index (χ3v) is 2.23. The SMILES string of the molecule is NCCc1n[nH]c(COc2ccccc2N)n1. The number of hydrogen-bond donors (Lipinski definition) is 3. The second kappa shape index (κ2) is 5.31. The Morgan fingerprint density at radius 1 is 1.29 bits per heavy atom. The minimum absolute atomic E-state index is 0.311. The number of ether oxygens (including phenoxy) is 1. The Hall–Kier alpha value is -2.08. The van der Waals surface area contributed by atoms with E-state index in [4.69, 9.17) is 16.2 Å². The Bertz CT molecular complexity index is 482. The lowest BCUT2D eigenvalue weighted by Crippen LogP contribution is -2.04. The van der Waals surface area contributed by atoms with Crippen molar-refractivity contribution in [1.29, 1.82) is 0 Å². The maximum atomic E-state index is 5.75. The third-order valence-electron chi connectivity index (χ3n) is 2.23. The van der Waals surface area contributed by atoms with Crippen LogP contribution in [0.3, 0.4) is 0 Å². The van der Waals surface area contributed by atoms with E-state index >= 15 is 0 Å². The van der Waals surface area contributed by atoms with Crippen LogP contribution >= 0.6 is 0 Å². The predicted molar refractivity (Wildman–Crippen MR) is 64.3 cm³/mol. The zero-order valence-electron chi connectivity index (χ0n) is 9.39. The molecule has 90 valence electrons. The lowest BCUT2D eigenvalue weighted by atomic mass is 10.3. The fraction of sp³-hybridized carbons (Fsp3) is 0.273. The Balaban J connectivity index is 1.95. The number of rotatable bonds is 5. The molecule has 0 atom stereocenters. The van der Waals surface area contributed by atoms with Crippen LogP contribution in [0.4, 0.5) is 5.69 Å². The van der Waals surface area contributed by atoms with E-state index in [0.29, 0.717) is 42.7 Å². The Labute approximate surface area is 99.0 Å². The van der Waals surface area contributed by atoms with Crippen molar-refractivity contribution in [1.82, 2.24) is 15.2 Å². The van der Waals surface area contributed by atoms with Gasteiger partial charge >= 0.3 is 0 Å². The van der Waals surface area contributed by atoms with Crippen LogP contribution in [0.5, 0.6) is 5.75 Å². The molecule has 0 unspecified atom stereocenters. The normalized spacial score (nSPS) is 10.4. The molecule has 2 aromatic rings. The van der Waals surface area contributed by atoms with Crippen LogP contribution in [-0.2, 0) is 13.0 Å². The van der Waals surface area contributed by atoms with Gasteiger partial charge in [-0.25, -0.2) is 4.98 Å². The second-order valence-electron chi connectivity index (χ2n) is 3.56. The number of anilines is 1. The van der Waals surface area contributed by atoms with E-state index in [-0.39, 0.29) is 0 Å². The van der Waals surface area contributed by atoms with Gasteiger partial charge in [-0.3, -0.25) is 5.10 Å². The van der Waals surface area contributed by atoms with Gasteiger partial charge in [-0.1, -0.05) is 12.1 Å². The first kappa shape index (κ1) is 11.4. The van der Waals surface area contributed by atoms with E-state index < -0.39 is 0 Å². The minimum atomic E-state index is 0.311. The van der Waals surface area contributed by atoms with Crippen LogP contribution in [0.15, 0.2) is 24.3 Å². The highest BCUT2D eigenvalue weighted by Gasteiger charge is 2.04. The summed E-state index contributed by atoms with van der Waals surface area (Å²) in [7, 11) is 0.